The topological polar surface area (TPSA) is 49.3 Å². The van der Waals surface area contributed by atoms with Gasteiger partial charge in [0.05, 0.1) is 0 Å². The molecule has 2 heterocycles. The van der Waals surface area contributed by atoms with Crippen molar-refractivity contribution in [2.45, 2.75) is 12.3 Å². The summed E-state index contributed by atoms with van der Waals surface area (Å²) in [7, 11) is 0. The summed E-state index contributed by atoms with van der Waals surface area (Å²) in [4.78, 5) is 25.2. The molecule has 24 heavy (non-hydrogen) atoms. The van der Waals surface area contributed by atoms with Crippen molar-refractivity contribution < 1.29 is 9.18 Å². The van der Waals surface area contributed by atoms with Gasteiger partial charge in [-0.1, -0.05) is 12.1 Å². The fraction of sp³-hybridized carbons (Fsp3) is 0.389. The second-order valence-corrected chi connectivity index (χ2v) is 6.36. The highest BCUT2D eigenvalue weighted by Crippen LogP contribution is 2.48. The molecular formula is C18H19FN4O. The van der Waals surface area contributed by atoms with Crippen molar-refractivity contribution in [1.82, 2.24) is 14.9 Å². The van der Waals surface area contributed by atoms with Gasteiger partial charge in [-0.3, -0.25) is 4.79 Å². The molecule has 0 radical (unpaired) electrons. The highest BCUT2D eigenvalue weighted by molar-refractivity contribution is 5.83. The third-order valence-corrected chi connectivity index (χ3v) is 4.83. The van der Waals surface area contributed by atoms with E-state index in [0.29, 0.717) is 13.1 Å². The predicted octanol–water partition coefficient (Wildman–Crippen LogP) is 2.07. The molecule has 0 unspecified atom stereocenters. The molecular weight excluding hydrogens is 307 g/mol. The highest BCUT2D eigenvalue weighted by atomic mass is 19.1. The van der Waals surface area contributed by atoms with Crippen LogP contribution in [-0.2, 0) is 4.79 Å². The lowest BCUT2D eigenvalue weighted by Crippen LogP contribution is -2.49. The van der Waals surface area contributed by atoms with Crippen LogP contribution in [0.2, 0.25) is 0 Å². The van der Waals surface area contributed by atoms with Gasteiger partial charge >= 0.3 is 0 Å². The van der Waals surface area contributed by atoms with Crippen LogP contribution >= 0.6 is 0 Å². The Balaban J connectivity index is 1.33. The molecule has 1 saturated heterocycles. The zero-order chi connectivity index (χ0) is 16.5. The lowest BCUT2D eigenvalue weighted by molar-refractivity contribution is -0.133. The first-order valence-electron chi connectivity index (χ1n) is 8.28. The maximum Gasteiger partial charge on any atom is 0.226 e. The van der Waals surface area contributed by atoms with E-state index in [1.165, 1.54) is 12.1 Å². The van der Waals surface area contributed by atoms with Crippen molar-refractivity contribution in [3.8, 4) is 0 Å². The van der Waals surface area contributed by atoms with Crippen molar-refractivity contribution in [3.63, 3.8) is 0 Å². The average molecular weight is 326 g/mol. The molecule has 1 saturated carbocycles. The number of aromatic nitrogens is 2. The van der Waals surface area contributed by atoms with E-state index in [0.717, 1.165) is 31.0 Å². The third kappa shape index (κ3) is 2.96. The van der Waals surface area contributed by atoms with Gasteiger partial charge < -0.3 is 9.80 Å². The minimum Gasteiger partial charge on any atom is -0.339 e. The van der Waals surface area contributed by atoms with Gasteiger partial charge in [-0.15, -0.1) is 0 Å². The Hall–Kier alpha value is -2.50. The third-order valence-electron chi connectivity index (χ3n) is 4.83. The Morgan fingerprint density at radius 3 is 2.38 bits per heavy atom. The number of piperazine rings is 1. The van der Waals surface area contributed by atoms with Crippen LogP contribution in [0, 0.1) is 11.7 Å². The Labute approximate surface area is 140 Å². The van der Waals surface area contributed by atoms with Crippen LogP contribution in [0.25, 0.3) is 0 Å². The van der Waals surface area contributed by atoms with Gasteiger partial charge in [-0.2, -0.15) is 0 Å². The number of amides is 1. The second kappa shape index (κ2) is 6.19. The maximum absolute atomic E-state index is 13.0. The number of hydrogen-bond donors (Lipinski definition) is 0. The second-order valence-electron chi connectivity index (χ2n) is 6.36. The van der Waals surface area contributed by atoms with E-state index in [4.69, 9.17) is 0 Å². The van der Waals surface area contributed by atoms with Crippen LogP contribution in [0.4, 0.5) is 10.3 Å². The summed E-state index contributed by atoms with van der Waals surface area (Å²) in [5.74, 6) is 1.00. The summed E-state index contributed by atoms with van der Waals surface area (Å²) in [5, 5.41) is 0. The maximum atomic E-state index is 13.0. The van der Waals surface area contributed by atoms with E-state index in [1.807, 2.05) is 4.90 Å². The molecule has 5 nitrogen and oxygen atoms in total. The van der Waals surface area contributed by atoms with Crippen molar-refractivity contribution >= 4 is 11.9 Å². The van der Waals surface area contributed by atoms with Crippen molar-refractivity contribution in [3.05, 3.63) is 54.1 Å². The van der Waals surface area contributed by atoms with Gasteiger partial charge in [0.1, 0.15) is 5.82 Å². The van der Waals surface area contributed by atoms with Crippen molar-refractivity contribution in [1.29, 1.82) is 0 Å². The molecule has 0 bridgehead atoms. The number of carbonyl (C=O) groups is 1. The molecule has 4 rings (SSSR count). The smallest absolute Gasteiger partial charge is 0.226 e. The summed E-state index contributed by atoms with van der Waals surface area (Å²) in [6.07, 6.45) is 4.33. The van der Waals surface area contributed by atoms with Gasteiger partial charge in [0, 0.05) is 44.5 Å². The fourth-order valence-electron chi connectivity index (χ4n) is 3.36. The molecule has 2 fully saturated rings. The summed E-state index contributed by atoms with van der Waals surface area (Å²) >= 11 is 0. The van der Waals surface area contributed by atoms with E-state index in [2.05, 4.69) is 14.9 Å². The lowest BCUT2D eigenvalue weighted by Gasteiger charge is -2.34. The molecule has 1 aromatic heterocycles. The van der Waals surface area contributed by atoms with Gasteiger partial charge in [0.25, 0.3) is 0 Å². The Kier molecular flexibility index (Phi) is 3.88. The molecule has 2 aromatic rings. The number of rotatable bonds is 3. The van der Waals surface area contributed by atoms with Gasteiger partial charge in [-0.25, -0.2) is 14.4 Å². The van der Waals surface area contributed by atoms with Crippen LogP contribution in [-0.4, -0.2) is 47.0 Å². The molecule has 1 aromatic carbocycles. The average Bonchev–Trinajstić information content (AvgIpc) is 3.43. The van der Waals surface area contributed by atoms with Gasteiger partial charge in [0.2, 0.25) is 11.9 Å². The Morgan fingerprint density at radius 2 is 1.71 bits per heavy atom. The molecule has 1 amide bonds. The lowest BCUT2D eigenvalue weighted by atomic mass is 10.1. The number of hydrogen-bond acceptors (Lipinski definition) is 4. The normalized spacial score (nSPS) is 23.2. The first kappa shape index (κ1) is 15.1. The minimum absolute atomic E-state index is 0.0509. The van der Waals surface area contributed by atoms with Gasteiger partial charge in [0.15, 0.2) is 0 Å². The number of halogens is 1. The van der Waals surface area contributed by atoms with Crippen LogP contribution in [0.3, 0.4) is 0 Å². The fourth-order valence-corrected chi connectivity index (χ4v) is 3.36. The molecule has 0 N–H and O–H groups in total. The summed E-state index contributed by atoms with van der Waals surface area (Å²) < 4.78 is 13.0. The van der Waals surface area contributed by atoms with E-state index >= 15 is 0 Å². The zero-order valence-corrected chi connectivity index (χ0v) is 13.3. The molecule has 6 heteroatoms. The summed E-state index contributed by atoms with van der Waals surface area (Å²) in [6, 6.07) is 8.31. The minimum atomic E-state index is -0.235. The Morgan fingerprint density at radius 1 is 1.04 bits per heavy atom. The van der Waals surface area contributed by atoms with Gasteiger partial charge in [-0.05, 0) is 36.1 Å². The van der Waals surface area contributed by atoms with Crippen LogP contribution in [0.15, 0.2) is 42.7 Å². The van der Waals surface area contributed by atoms with E-state index in [1.54, 1.807) is 30.6 Å². The molecule has 1 aliphatic heterocycles. The first-order valence-corrected chi connectivity index (χ1v) is 8.28. The molecule has 1 aliphatic carbocycles. The predicted molar refractivity (Wildman–Crippen MR) is 88.1 cm³/mol. The SMILES string of the molecule is O=C([C@@H]1C[C@@H]1c1ccc(F)cc1)N1CCN(c2ncccn2)CC1. The Bertz CT molecular complexity index is 714. The number of benzene rings is 1. The van der Waals surface area contributed by atoms with E-state index < -0.39 is 0 Å². The highest BCUT2D eigenvalue weighted by Gasteiger charge is 2.46. The zero-order valence-electron chi connectivity index (χ0n) is 13.3. The first-order chi connectivity index (χ1) is 11.7. The van der Waals surface area contributed by atoms with Crippen LogP contribution in [0.5, 0.6) is 0 Å². The van der Waals surface area contributed by atoms with E-state index in [-0.39, 0.29) is 23.6 Å². The summed E-state index contributed by atoms with van der Waals surface area (Å²) in [6.45, 7) is 2.90. The largest absolute Gasteiger partial charge is 0.339 e. The van der Waals surface area contributed by atoms with Crippen LogP contribution in [0.1, 0.15) is 17.9 Å². The molecule has 0 spiro atoms. The molecule has 2 atom stereocenters. The number of carbonyl (C=O) groups excluding carboxylic acids is 1. The van der Waals surface area contributed by atoms with E-state index in [9.17, 15) is 9.18 Å². The van der Waals surface area contributed by atoms with Crippen molar-refractivity contribution in [2.24, 2.45) is 5.92 Å². The monoisotopic (exact) mass is 326 g/mol. The number of anilines is 1. The van der Waals surface area contributed by atoms with Crippen LogP contribution < -0.4 is 4.90 Å². The molecule has 124 valence electrons. The summed E-state index contributed by atoms with van der Waals surface area (Å²) in [5.41, 5.74) is 1.06. The number of nitrogens with zero attached hydrogens (tertiary/aromatic N) is 4. The molecule has 2 aliphatic rings. The quantitative estimate of drug-likeness (QED) is 0.866. The van der Waals surface area contributed by atoms with Crippen molar-refractivity contribution in [2.75, 3.05) is 31.1 Å². The standard InChI is InChI=1S/C18H19FN4O/c19-14-4-2-13(3-5-14)15-12-16(15)17(24)22-8-10-23(11-9-22)18-20-6-1-7-21-18/h1-7,15-16H,8-12H2/t15-,16-/m1/s1.